The highest BCUT2D eigenvalue weighted by Gasteiger charge is 2.16. The zero-order valence-electron chi connectivity index (χ0n) is 11.8. The minimum Gasteiger partial charge on any atom is -0.307 e. The summed E-state index contributed by atoms with van der Waals surface area (Å²) < 4.78 is 2.05. The smallest absolute Gasteiger partial charge is 0.160 e. The summed E-state index contributed by atoms with van der Waals surface area (Å²) in [6.07, 6.45) is 1.85. The molecule has 0 aliphatic rings. The first-order valence-corrected chi connectivity index (χ1v) is 7.57. The zero-order valence-corrected chi connectivity index (χ0v) is 13.4. The Labute approximate surface area is 133 Å². The zero-order chi connectivity index (χ0) is 15.0. The Balaban J connectivity index is 2.13. The molecular weight excluding hydrogens is 305 g/mol. The number of pyridine rings is 1. The van der Waals surface area contributed by atoms with Gasteiger partial charge >= 0.3 is 0 Å². The average Bonchev–Trinajstić information content (AvgIpc) is 2.77. The summed E-state index contributed by atoms with van der Waals surface area (Å²) in [6, 6.07) is 9.82. The number of hydrogen-bond acceptors (Lipinski definition) is 2. The highest BCUT2D eigenvalue weighted by atomic mass is 35.5. The van der Waals surface area contributed by atoms with E-state index in [1.165, 1.54) is 0 Å². The first-order chi connectivity index (χ1) is 10.0. The number of aryl methyl sites for hydroxylation is 1. The van der Waals surface area contributed by atoms with Gasteiger partial charge in [-0.05, 0) is 43.2 Å². The molecular formula is C16H15Cl2N3. The Morgan fingerprint density at radius 1 is 1.29 bits per heavy atom. The maximum Gasteiger partial charge on any atom is 0.160 e. The number of benzene rings is 1. The summed E-state index contributed by atoms with van der Waals surface area (Å²) in [5.41, 5.74) is 3.91. The quantitative estimate of drug-likeness (QED) is 0.653. The van der Waals surface area contributed by atoms with Gasteiger partial charge in [-0.1, -0.05) is 23.7 Å². The standard InChI is InChI=1S/C16H15Cl2N3/c1-10-6-14-16(19-8-10)21(15(20-14)11(2)17)9-12-4-3-5-13(18)7-12/h3-8,11H,9H2,1-2H3. The highest BCUT2D eigenvalue weighted by molar-refractivity contribution is 6.30. The van der Waals surface area contributed by atoms with Crippen LogP contribution in [0.25, 0.3) is 11.2 Å². The second-order valence-electron chi connectivity index (χ2n) is 5.16. The Morgan fingerprint density at radius 2 is 2.10 bits per heavy atom. The molecule has 0 amide bonds. The summed E-state index contributed by atoms with van der Waals surface area (Å²) in [5, 5.41) is 0.542. The van der Waals surface area contributed by atoms with Gasteiger partial charge in [0, 0.05) is 11.2 Å². The molecule has 0 N–H and O–H groups in total. The third-order valence-corrected chi connectivity index (χ3v) is 3.77. The largest absolute Gasteiger partial charge is 0.307 e. The Kier molecular flexibility index (Phi) is 3.87. The molecule has 1 aromatic carbocycles. The van der Waals surface area contributed by atoms with Crippen molar-refractivity contribution in [3.8, 4) is 0 Å². The van der Waals surface area contributed by atoms with E-state index in [2.05, 4.69) is 14.5 Å². The predicted molar refractivity (Wildman–Crippen MR) is 87.1 cm³/mol. The topological polar surface area (TPSA) is 30.7 Å². The van der Waals surface area contributed by atoms with Gasteiger partial charge < -0.3 is 4.57 Å². The van der Waals surface area contributed by atoms with Crippen molar-refractivity contribution < 1.29 is 0 Å². The molecule has 3 nitrogen and oxygen atoms in total. The molecule has 3 rings (SSSR count). The van der Waals surface area contributed by atoms with Crippen LogP contribution in [-0.4, -0.2) is 14.5 Å². The van der Waals surface area contributed by atoms with E-state index >= 15 is 0 Å². The monoisotopic (exact) mass is 319 g/mol. The molecule has 3 aromatic rings. The molecule has 108 valence electrons. The van der Waals surface area contributed by atoms with Crippen LogP contribution in [0.3, 0.4) is 0 Å². The second kappa shape index (κ2) is 5.66. The van der Waals surface area contributed by atoms with Gasteiger partial charge in [0.15, 0.2) is 5.65 Å². The number of imidazole rings is 1. The van der Waals surface area contributed by atoms with Crippen molar-refractivity contribution in [2.75, 3.05) is 0 Å². The highest BCUT2D eigenvalue weighted by Crippen LogP contribution is 2.25. The molecule has 0 radical (unpaired) electrons. The van der Waals surface area contributed by atoms with Crippen molar-refractivity contribution in [1.29, 1.82) is 0 Å². The summed E-state index contributed by atoms with van der Waals surface area (Å²) in [5.74, 6) is 0.824. The van der Waals surface area contributed by atoms with E-state index in [0.29, 0.717) is 6.54 Å². The number of aromatic nitrogens is 3. The van der Waals surface area contributed by atoms with E-state index in [0.717, 1.165) is 33.1 Å². The van der Waals surface area contributed by atoms with Gasteiger partial charge in [0.1, 0.15) is 11.3 Å². The first-order valence-electron chi connectivity index (χ1n) is 6.76. The van der Waals surface area contributed by atoms with Crippen LogP contribution in [0.4, 0.5) is 0 Å². The fraction of sp³-hybridized carbons (Fsp3) is 0.250. The number of alkyl halides is 1. The van der Waals surface area contributed by atoms with Gasteiger partial charge in [-0.2, -0.15) is 0 Å². The Bertz CT molecular complexity index is 793. The molecule has 2 heterocycles. The van der Waals surface area contributed by atoms with E-state index in [9.17, 15) is 0 Å². The minimum atomic E-state index is -0.182. The summed E-state index contributed by atoms with van der Waals surface area (Å²) >= 11 is 12.3. The maximum absolute atomic E-state index is 6.28. The average molecular weight is 320 g/mol. The molecule has 0 aliphatic carbocycles. The van der Waals surface area contributed by atoms with Crippen molar-refractivity contribution in [3.63, 3.8) is 0 Å². The molecule has 5 heteroatoms. The lowest BCUT2D eigenvalue weighted by Crippen LogP contribution is -2.06. The van der Waals surface area contributed by atoms with Gasteiger partial charge in [-0.25, -0.2) is 9.97 Å². The van der Waals surface area contributed by atoms with E-state index in [4.69, 9.17) is 23.2 Å². The lowest BCUT2D eigenvalue weighted by atomic mass is 10.2. The Morgan fingerprint density at radius 3 is 2.81 bits per heavy atom. The van der Waals surface area contributed by atoms with Crippen LogP contribution >= 0.6 is 23.2 Å². The van der Waals surface area contributed by atoms with Gasteiger partial charge in [-0.3, -0.25) is 0 Å². The lowest BCUT2D eigenvalue weighted by Gasteiger charge is -2.10. The number of rotatable bonds is 3. The summed E-state index contributed by atoms with van der Waals surface area (Å²) in [4.78, 5) is 9.14. The van der Waals surface area contributed by atoms with Crippen molar-refractivity contribution in [2.45, 2.75) is 25.8 Å². The van der Waals surface area contributed by atoms with Gasteiger partial charge in [0.05, 0.1) is 11.9 Å². The van der Waals surface area contributed by atoms with Crippen molar-refractivity contribution in [1.82, 2.24) is 14.5 Å². The number of halogens is 2. The molecule has 0 aliphatic heterocycles. The first kappa shape index (κ1) is 14.4. The molecule has 21 heavy (non-hydrogen) atoms. The van der Waals surface area contributed by atoms with E-state index in [1.807, 2.05) is 50.4 Å². The SMILES string of the molecule is Cc1cnc2c(c1)nc(C(C)Cl)n2Cc1cccc(Cl)c1. The van der Waals surface area contributed by atoms with Gasteiger partial charge in [0.2, 0.25) is 0 Å². The normalized spacial score (nSPS) is 12.8. The van der Waals surface area contributed by atoms with Crippen LogP contribution in [0.1, 0.15) is 29.3 Å². The minimum absolute atomic E-state index is 0.182. The van der Waals surface area contributed by atoms with Crippen molar-refractivity contribution in [3.05, 3.63) is 58.5 Å². The van der Waals surface area contributed by atoms with Crippen LogP contribution in [-0.2, 0) is 6.54 Å². The van der Waals surface area contributed by atoms with Crippen molar-refractivity contribution >= 4 is 34.4 Å². The molecule has 1 unspecified atom stereocenters. The summed E-state index contributed by atoms with van der Waals surface area (Å²) in [7, 11) is 0. The van der Waals surface area contributed by atoms with E-state index < -0.39 is 0 Å². The fourth-order valence-electron chi connectivity index (χ4n) is 2.41. The van der Waals surface area contributed by atoms with Crippen LogP contribution in [0.15, 0.2) is 36.5 Å². The fourth-order valence-corrected chi connectivity index (χ4v) is 2.79. The lowest BCUT2D eigenvalue weighted by molar-refractivity contribution is 0.736. The molecule has 0 saturated carbocycles. The van der Waals surface area contributed by atoms with E-state index in [1.54, 1.807) is 0 Å². The number of hydrogen-bond donors (Lipinski definition) is 0. The number of nitrogens with zero attached hydrogens (tertiary/aromatic N) is 3. The second-order valence-corrected chi connectivity index (χ2v) is 6.25. The molecule has 0 bridgehead atoms. The van der Waals surface area contributed by atoms with Crippen LogP contribution in [0.2, 0.25) is 5.02 Å². The third kappa shape index (κ3) is 2.89. The third-order valence-electron chi connectivity index (χ3n) is 3.34. The van der Waals surface area contributed by atoms with Crippen LogP contribution in [0, 0.1) is 6.92 Å². The maximum atomic E-state index is 6.28. The molecule has 2 aromatic heterocycles. The Hall–Kier alpha value is -1.58. The van der Waals surface area contributed by atoms with Crippen LogP contribution in [0.5, 0.6) is 0 Å². The molecule has 0 fully saturated rings. The van der Waals surface area contributed by atoms with E-state index in [-0.39, 0.29) is 5.38 Å². The molecule has 0 spiro atoms. The predicted octanol–water partition coefficient (Wildman–Crippen LogP) is 4.74. The molecule has 1 atom stereocenters. The summed E-state index contributed by atoms with van der Waals surface area (Å²) in [6.45, 7) is 4.58. The van der Waals surface area contributed by atoms with Gasteiger partial charge in [0.25, 0.3) is 0 Å². The number of fused-ring (bicyclic) bond motifs is 1. The van der Waals surface area contributed by atoms with Crippen molar-refractivity contribution in [2.24, 2.45) is 0 Å². The molecule has 0 saturated heterocycles. The van der Waals surface area contributed by atoms with Crippen LogP contribution < -0.4 is 0 Å². The van der Waals surface area contributed by atoms with Gasteiger partial charge in [-0.15, -0.1) is 11.6 Å².